The first-order valence-electron chi connectivity index (χ1n) is 5.98. The highest BCUT2D eigenvalue weighted by Gasteiger charge is 2.38. The van der Waals surface area contributed by atoms with Crippen LogP contribution in [0.5, 0.6) is 0 Å². The van der Waals surface area contributed by atoms with Crippen molar-refractivity contribution in [2.75, 3.05) is 18.9 Å². The summed E-state index contributed by atoms with van der Waals surface area (Å²) in [5, 5.41) is 4.67. The molecule has 0 radical (unpaired) electrons. The van der Waals surface area contributed by atoms with Crippen LogP contribution in [0, 0.1) is 5.41 Å². The molecule has 1 fully saturated rings. The zero-order chi connectivity index (χ0) is 11.8. The Morgan fingerprint density at radius 1 is 1.44 bits per heavy atom. The molecule has 0 amide bonds. The Kier molecular flexibility index (Phi) is 3.23. The molecule has 0 aromatic carbocycles. The minimum atomic E-state index is 0.0628. The smallest absolute Gasteiger partial charge is 0.157 e. The normalized spacial score (nSPS) is 38.2. The summed E-state index contributed by atoms with van der Waals surface area (Å²) in [5.74, 6) is 1.14. The molecule has 2 atom stereocenters. The van der Waals surface area contributed by atoms with E-state index in [1.165, 1.54) is 0 Å². The van der Waals surface area contributed by atoms with Crippen molar-refractivity contribution in [1.29, 1.82) is 0 Å². The largest absolute Gasteiger partial charge is 0.376 e. The minimum absolute atomic E-state index is 0.0628. The van der Waals surface area contributed by atoms with Crippen molar-refractivity contribution in [2.24, 2.45) is 10.4 Å². The molecular formula is C12H22N2OS. The highest BCUT2D eigenvalue weighted by molar-refractivity contribution is 8.13. The average molecular weight is 242 g/mol. The monoisotopic (exact) mass is 242 g/mol. The van der Waals surface area contributed by atoms with Gasteiger partial charge < -0.3 is 10.1 Å². The van der Waals surface area contributed by atoms with Crippen LogP contribution in [-0.2, 0) is 4.74 Å². The highest BCUT2D eigenvalue weighted by Crippen LogP contribution is 2.30. The minimum Gasteiger partial charge on any atom is -0.376 e. The van der Waals surface area contributed by atoms with E-state index >= 15 is 0 Å². The lowest BCUT2D eigenvalue weighted by atomic mass is 9.95. The summed E-state index contributed by atoms with van der Waals surface area (Å²) in [7, 11) is 0. The van der Waals surface area contributed by atoms with E-state index in [-0.39, 0.29) is 11.6 Å². The van der Waals surface area contributed by atoms with Crippen LogP contribution in [-0.4, -0.2) is 35.7 Å². The number of thioether (sulfide) groups is 1. The summed E-state index contributed by atoms with van der Waals surface area (Å²) in [6.45, 7) is 10.7. The Balaban J connectivity index is 1.98. The molecule has 1 N–H and O–H groups in total. The van der Waals surface area contributed by atoms with Gasteiger partial charge in [0.1, 0.15) is 0 Å². The van der Waals surface area contributed by atoms with Gasteiger partial charge in [-0.05, 0) is 25.7 Å². The average Bonchev–Trinajstić information content (AvgIpc) is 2.51. The first-order valence-corrected chi connectivity index (χ1v) is 6.97. The molecule has 0 aromatic heterocycles. The number of hydrogen-bond donors (Lipinski definition) is 1. The fourth-order valence-corrected chi connectivity index (χ4v) is 3.04. The Morgan fingerprint density at radius 3 is 2.69 bits per heavy atom. The van der Waals surface area contributed by atoms with Crippen LogP contribution in [0.1, 0.15) is 34.1 Å². The number of hydrogen-bond acceptors (Lipinski definition) is 4. The molecule has 0 aliphatic carbocycles. The van der Waals surface area contributed by atoms with Crippen LogP contribution in [0.2, 0.25) is 0 Å². The topological polar surface area (TPSA) is 33.6 Å². The van der Waals surface area contributed by atoms with E-state index in [9.17, 15) is 0 Å². The van der Waals surface area contributed by atoms with Gasteiger partial charge in [0.15, 0.2) is 5.17 Å². The zero-order valence-corrected chi connectivity index (χ0v) is 11.5. The molecule has 0 saturated carbocycles. The molecule has 4 heteroatoms. The van der Waals surface area contributed by atoms with Gasteiger partial charge in [-0.1, -0.05) is 25.6 Å². The van der Waals surface area contributed by atoms with Gasteiger partial charge in [0.2, 0.25) is 0 Å². The Bertz CT molecular complexity index is 303. The number of ether oxygens (including phenoxy) is 1. The van der Waals surface area contributed by atoms with Gasteiger partial charge >= 0.3 is 0 Å². The number of nitrogens with zero attached hydrogens (tertiary/aromatic N) is 1. The van der Waals surface area contributed by atoms with Gasteiger partial charge in [-0.15, -0.1) is 0 Å². The zero-order valence-electron chi connectivity index (χ0n) is 10.7. The molecule has 3 nitrogen and oxygen atoms in total. The predicted molar refractivity (Wildman–Crippen MR) is 70.1 cm³/mol. The number of aliphatic imine (C=N–C) groups is 1. The number of rotatable bonds is 1. The Labute approximate surface area is 102 Å². The van der Waals surface area contributed by atoms with Crippen molar-refractivity contribution in [1.82, 2.24) is 5.32 Å². The molecule has 92 valence electrons. The van der Waals surface area contributed by atoms with Crippen LogP contribution in [0.25, 0.3) is 0 Å². The molecular weight excluding hydrogens is 220 g/mol. The number of nitrogens with one attached hydrogen (secondary N) is 1. The Hall–Kier alpha value is -0.220. The summed E-state index contributed by atoms with van der Waals surface area (Å²) in [6.07, 6.45) is 1.34. The standard InChI is InChI=1S/C12H22N2OS/c1-9-12(4,5-6-15-9)14-10-13-7-11(2,3)8-16-10/h9H,5-8H2,1-4H3,(H,13,14). The van der Waals surface area contributed by atoms with E-state index in [0.717, 1.165) is 30.5 Å². The summed E-state index contributed by atoms with van der Waals surface area (Å²) >= 11 is 1.84. The third-order valence-electron chi connectivity index (χ3n) is 3.53. The molecule has 2 aliphatic heterocycles. The van der Waals surface area contributed by atoms with E-state index in [1.807, 2.05) is 11.8 Å². The maximum atomic E-state index is 5.62. The maximum absolute atomic E-state index is 5.62. The van der Waals surface area contributed by atoms with Crippen LogP contribution < -0.4 is 5.32 Å². The SMILES string of the molecule is CC1OCCC1(C)NC1=NCC(C)(C)CS1. The summed E-state index contributed by atoms with van der Waals surface area (Å²) < 4.78 is 5.62. The van der Waals surface area contributed by atoms with E-state index in [1.54, 1.807) is 0 Å². The third-order valence-corrected chi connectivity index (χ3v) is 4.96. The second-order valence-corrected chi connectivity index (χ2v) is 6.84. The van der Waals surface area contributed by atoms with Crippen molar-refractivity contribution in [2.45, 2.75) is 45.8 Å². The van der Waals surface area contributed by atoms with Gasteiger partial charge in [-0.25, -0.2) is 0 Å². The van der Waals surface area contributed by atoms with E-state index in [2.05, 4.69) is 38.0 Å². The molecule has 16 heavy (non-hydrogen) atoms. The molecule has 2 aliphatic rings. The van der Waals surface area contributed by atoms with Crippen molar-refractivity contribution < 1.29 is 4.74 Å². The first-order chi connectivity index (χ1) is 7.41. The van der Waals surface area contributed by atoms with Gasteiger partial charge in [0.05, 0.1) is 11.6 Å². The van der Waals surface area contributed by atoms with Gasteiger partial charge in [0.25, 0.3) is 0 Å². The van der Waals surface area contributed by atoms with Crippen molar-refractivity contribution >= 4 is 16.9 Å². The van der Waals surface area contributed by atoms with Gasteiger partial charge in [0, 0.05) is 18.9 Å². The highest BCUT2D eigenvalue weighted by atomic mass is 32.2. The van der Waals surface area contributed by atoms with Crippen molar-refractivity contribution in [3.8, 4) is 0 Å². The van der Waals surface area contributed by atoms with Crippen LogP contribution >= 0.6 is 11.8 Å². The number of amidine groups is 1. The summed E-state index contributed by atoms with van der Waals surface area (Å²) in [4.78, 5) is 4.64. The fraction of sp³-hybridized carbons (Fsp3) is 0.917. The summed E-state index contributed by atoms with van der Waals surface area (Å²) in [6, 6.07) is 0. The molecule has 2 unspecified atom stereocenters. The molecule has 2 rings (SSSR count). The third kappa shape index (κ3) is 2.54. The Morgan fingerprint density at radius 2 is 2.19 bits per heavy atom. The predicted octanol–water partition coefficient (Wildman–Crippen LogP) is 2.27. The lowest BCUT2D eigenvalue weighted by molar-refractivity contribution is 0.0950. The van der Waals surface area contributed by atoms with Crippen molar-refractivity contribution in [3.63, 3.8) is 0 Å². The lowest BCUT2D eigenvalue weighted by Gasteiger charge is -2.34. The van der Waals surface area contributed by atoms with Gasteiger partial charge in [-0.3, -0.25) is 4.99 Å². The second kappa shape index (κ2) is 4.22. The molecule has 2 heterocycles. The molecule has 0 aromatic rings. The van der Waals surface area contributed by atoms with Gasteiger partial charge in [-0.2, -0.15) is 0 Å². The second-order valence-electron chi connectivity index (χ2n) is 5.88. The molecule has 0 bridgehead atoms. The maximum Gasteiger partial charge on any atom is 0.157 e. The summed E-state index contributed by atoms with van der Waals surface area (Å²) in [5.41, 5.74) is 0.405. The van der Waals surface area contributed by atoms with Crippen LogP contribution in [0.15, 0.2) is 4.99 Å². The van der Waals surface area contributed by atoms with E-state index in [0.29, 0.717) is 5.41 Å². The van der Waals surface area contributed by atoms with Crippen LogP contribution in [0.4, 0.5) is 0 Å². The van der Waals surface area contributed by atoms with Crippen molar-refractivity contribution in [3.05, 3.63) is 0 Å². The quantitative estimate of drug-likeness (QED) is 0.766. The van der Waals surface area contributed by atoms with E-state index < -0.39 is 0 Å². The lowest BCUT2D eigenvalue weighted by Crippen LogP contribution is -2.51. The van der Waals surface area contributed by atoms with E-state index in [4.69, 9.17) is 4.74 Å². The fourth-order valence-electron chi connectivity index (χ4n) is 1.96. The molecule has 1 saturated heterocycles. The molecule has 0 spiro atoms. The van der Waals surface area contributed by atoms with Crippen LogP contribution in [0.3, 0.4) is 0 Å². The first kappa shape index (κ1) is 12.2.